The van der Waals surface area contributed by atoms with Gasteiger partial charge in [-0.25, -0.2) is 0 Å². The molecule has 0 bridgehead atoms. The number of aromatic nitrogens is 2. The van der Waals surface area contributed by atoms with Gasteiger partial charge >= 0.3 is 0 Å². The summed E-state index contributed by atoms with van der Waals surface area (Å²) in [5.41, 5.74) is 2.45. The summed E-state index contributed by atoms with van der Waals surface area (Å²) >= 11 is 0. The summed E-state index contributed by atoms with van der Waals surface area (Å²) in [5.74, 6) is 0.129. The maximum Gasteiger partial charge on any atom is 0.224 e. The van der Waals surface area contributed by atoms with Crippen LogP contribution in [0.25, 0.3) is 0 Å². The zero-order valence-electron chi connectivity index (χ0n) is 12.1. The van der Waals surface area contributed by atoms with Crippen molar-refractivity contribution in [1.29, 1.82) is 0 Å². The van der Waals surface area contributed by atoms with E-state index in [1.165, 1.54) is 11.3 Å². The number of hydrogen-bond acceptors (Lipinski definition) is 3. The molecule has 1 aliphatic rings. The molecule has 19 heavy (non-hydrogen) atoms. The van der Waals surface area contributed by atoms with Crippen LogP contribution in [0.3, 0.4) is 0 Å². The number of nitrogens with zero attached hydrogens (tertiary/aromatic N) is 2. The van der Waals surface area contributed by atoms with Crippen LogP contribution in [0, 0.1) is 5.92 Å². The minimum Gasteiger partial charge on any atom is -0.349 e. The maximum atomic E-state index is 12.2. The lowest BCUT2D eigenvalue weighted by Crippen LogP contribution is -2.38. The van der Waals surface area contributed by atoms with Gasteiger partial charge < -0.3 is 10.6 Å². The van der Waals surface area contributed by atoms with Crippen molar-refractivity contribution in [3.63, 3.8) is 0 Å². The van der Waals surface area contributed by atoms with E-state index in [2.05, 4.69) is 15.7 Å². The molecule has 0 radical (unpaired) electrons. The van der Waals surface area contributed by atoms with Crippen molar-refractivity contribution in [2.45, 2.75) is 39.2 Å². The zero-order valence-corrected chi connectivity index (χ0v) is 12.1. The predicted molar refractivity (Wildman–Crippen MR) is 74.7 cm³/mol. The Hall–Kier alpha value is -1.36. The van der Waals surface area contributed by atoms with Gasteiger partial charge in [0.05, 0.1) is 12.2 Å². The summed E-state index contributed by atoms with van der Waals surface area (Å²) in [7, 11) is 1.97. The van der Waals surface area contributed by atoms with Crippen molar-refractivity contribution in [1.82, 2.24) is 20.4 Å². The molecule has 5 nitrogen and oxygen atoms in total. The number of amides is 1. The Morgan fingerprint density at radius 2 is 2.42 bits per heavy atom. The zero-order chi connectivity index (χ0) is 13.8. The lowest BCUT2D eigenvalue weighted by molar-refractivity contribution is -0.125. The van der Waals surface area contributed by atoms with Gasteiger partial charge in [0.25, 0.3) is 0 Å². The molecule has 1 aromatic rings. The number of carbonyl (C=O) groups excluding carboxylic acids is 1. The molecule has 5 heteroatoms. The van der Waals surface area contributed by atoms with Crippen molar-refractivity contribution in [3.8, 4) is 0 Å². The van der Waals surface area contributed by atoms with E-state index in [1.54, 1.807) is 0 Å². The second-order valence-corrected chi connectivity index (χ2v) is 5.33. The standard InChI is InChI=1S/C14H24N4O/c1-4-15-8-10(2)14(19)17-12-6-5-7-13-11(12)9-16-18(13)3/h9-10,12,15H,4-8H2,1-3H3,(H,17,19). The molecule has 2 N–H and O–H groups in total. The third-order valence-corrected chi connectivity index (χ3v) is 3.84. The van der Waals surface area contributed by atoms with Gasteiger partial charge in [0, 0.05) is 30.8 Å². The molecular formula is C14H24N4O. The van der Waals surface area contributed by atoms with Gasteiger partial charge in [-0.3, -0.25) is 9.48 Å². The normalized spacial score (nSPS) is 19.8. The summed E-state index contributed by atoms with van der Waals surface area (Å²) in [6.45, 7) is 5.64. The molecule has 106 valence electrons. The number of fused-ring (bicyclic) bond motifs is 1. The molecular weight excluding hydrogens is 240 g/mol. The van der Waals surface area contributed by atoms with Gasteiger partial charge in [0.15, 0.2) is 0 Å². The van der Waals surface area contributed by atoms with Crippen molar-refractivity contribution < 1.29 is 4.79 Å². The van der Waals surface area contributed by atoms with E-state index < -0.39 is 0 Å². The van der Waals surface area contributed by atoms with Crippen LogP contribution in [0.4, 0.5) is 0 Å². The molecule has 0 saturated heterocycles. The summed E-state index contributed by atoms with van der Waals surface area (Å²) in [4.78, 5) is 12.2. The Balaban J connectivity index is 1.98. The molecule has 1 aliphatic carbocycles. The quantitative estimate of drug-likeness (QED) is 0.839. The Bertz CT molecular complexity index is 441. The Morgan fingerprint density at radius 1 is 1.63 bits per heavy atom. The first-order chi connectivity index (χ1) is 9.13. The minimum absolute atomic E-state index is 0.00185. The summed E-state index contributed by atoms with van der Waals surface area (Å²) < 4.78 is 1.93. The third-order valence-electron chi connectivity index (χ3n) is 3.84. The fourth-order valence-electron chi connectivity index (χ4n) is 2.62. The Morgan fingerprint density at radius 3 is 3.16 bits per heavy atom. The summed E-state index contributed by atoms with van der Waals surface area (Å²) in [6.07, 6.45) is 5.08. The highest BCUT2D eigenvalue weighted by Gasteiger charge is 2.26. The van der Waals surface area contributed by atoms with Crippen LogP contribution in [0.5, 0.6) is 0 Å². The first-order valence-corrected chi connectivity index (χ1v) is 7.15. The third kappa shape index (κ3) is 3.15. The molecule has 1 aromatic heterocycles. The Labute approximate surface area is 114 Å². The molecule has 0 spiro atoms. The molecule has 2 atom stereocenters. The number of hydrogen-bond donors (Lipinski definition) is 2. The Kier molecular flexibility index (Phi) is 4.58. The van der Waals surface area contributed by atoms with Crippen molar-refractivity contribution >= 4 is 5.91 Å². The molecule has 1 heterocycles. The largest absolute Gasteiger partial charge is 0.349 e. The van der Waals surface area contributed by atoms with Crippen LogP contribution in [-0.2, 0) is 18.3 Å². The summed E-state index contributed by atoms with van der Waals surface area (Å²) in [6, 6.07) is 0.133. The first-order valence-electron chi connectivity index (χ1n) is 7.15. The molecule has 1 amide bonds. The number of carbonyl (C=O) groups is 1. The summed E-state index contributed by atoms with van der Waals surface area (Å²) in [5, 5.41) is 10.7. The number of aryl methyl sites for hydroxylation is 1. The second-order valence-electron chi connectivity index (χ2n) is 5.33. The molecule has 0 fully saturated rings. The molecule has 0 aromatic carbocycles. The van der Waals surface area contributed by atoms with E-state index in [4.69, 9.17) is 0 Å². The lowest BCUT2D eigenvalue weighted by Gasteiger charge is -2.25. The van der Waals surface area contributed by atoms with Gasteiger partial charge in [0.2, 0.25) is 5.91 Å². The highest BCUT2D eigenvalue weighted by atomic mass is 16.1. The SMILES string of the molecule is CCNCC(C)C(=O)NC1CCCc2c1cnn2C. The average Bonchev–Trinajstić information content (AvgIpc) is 2.79. The van der Waals surface area contributed by atoms with E-state index in [9.17, 15) is 4.79 Å². The van der Waals surface area contributed by atoms with E-state index >= 15 is 0 Å². The molecule has 2 unspecified atom stereocenters. The highest BCUT2D eigenvalue weighted by Crippen LogP contribution is 2.29. The van der Waals surface area contributed by atoms with Crippen LogP contribution in [-0.4, -0.2) is 28.8 Å². The topological polar surface area (TPSA) is 59.0 Å². The number of rotatable bonds is 5. The van der Waals surface area contributed by atoms with E-state index in [-0.39, 0.29) is 17.9 Å². The van der Waals surface area contributed by atoms with Crippen molar-refractivity contribution in [2.75, 3.05) is 13.1 Å². The van der Waals surface area contributed by atoms with Crippen molar-refractivity contribution in [3.05, 3.63) is 17.5 Å². The van der Waals surface area contributed by atoms with Gasteiger partial charge in [0.1, 0.15) is 0 Å². The monoisotopic (exact) mass is 264 g/mol. The van der Waals surface area contributed by atoms with Gasteiger partial charge in [-0.05, 0) is 25.8 Å². The average molecular weight is 264 g/mol. The van der Waals surface area contributed by atoms with Crippen LogP contribution >= 0.6 is 0 Å². The van der Waals surface area contributed by atoms with Gasteiger partial charge in [-0.2, -0.15) is 5.10 Å². The molecule has 0 aliphatic heterocycles. The first kappa shape index (κ1) is 14.1. The fourth-order valence-corrected chi connectivity index (χ4v) is 2.62. The maximum absolute atomic E-state index is 12.2. The lowest BCUT2D eigenvalue weighted by atomic mass is 9.92. The van der Waals surface area contributed by atoms with E-state index in [0.717, 1.165) is 32.4 Å². The molecule has 2 rings (SSSR count). The van der Waals surface area contributed by atoms with Crippen LogP contribution in [0.2, 0.25) is 0 Å². The van der Waals surface area contributed by atoms with E-state index in [1.807, 2.05) is 31.8 Å². The van der Waals surface area contributed by atoms with Crippen LogP contribution in [0.1, 0.15) is 44.0 Å². The molecule has 0 saturated carbocycles. The highest BCUT2D eigenvalue weighted by molar-refractivity contribution is 5.79. The van der Waals surface area contributed by atoms with Gasteiger partial charge in [-0.15, -0.1) is 0 Å². The van der Waals surface area contributed by atoms with E-state index in [0.29, 0.717) is 0 Å². The van der Waals surface area contributed by atoms with Crippen molar-refractivity contribution in [2.24, 2.45) is 13.0 Å². The van der Waals surface area contributed by atoms with Crippen LogP contribution < -0.4 is 10.6 Å². The second kappa shape index (κ2) is 6.19. The fraction of sp³-hybridized carbons (Fsp3) is 0.714. The van der Waals surface area contributed by atoms with Gasteiger partial charge in [-0.1, -0.05) is 13.8 Å². The minimum atomic E-state index is 0.00185. The number of nitrogens with one attached hydrogen (secondary N) is 2. The smallest absolute Gasteiger partial charge is 0.224 e. The predicted octanol–water partition coefficient (Wildman–Crippen LogP) is 1.16. The van der Waals surface area contributed by atoms with Crippen LogP contribution in [0.15, 0.2) is 6.20 Å².